The van der Waals surface area contributed by atoms with E-state index in [0.717, 1.165) is 11.1 Å². The SMILES string of the molecule is Cc1ccc(S(=O)(=O)Nc2ccccc2NS(=O)(=O)c2ccc(C)c(Cl)c2)cc1Cl. The standard InChI is InChI=1S/C20H18Cl2N2O4S2/c1-13-7-9-15(11-17(13)21)29(25,26)23-19-5-3-4-6-20(19)24-30(27,28)16-10-8-14(2)18(22)12-16/h3-12,23-24H,1-2H3. The highest BCUT2D eigenvalue weighted by Gasteiger charge is 2.20. The van der Waals surface area contributed by atoms with E-state index in [9.17, 15) is 16.8 Å². The van der Waals surface area contributed by atoms with Gasteiger partial charge in [-0.05, 0) is 61.4 Å². The quantitative estimate of drug-likeness (QED) is 0.501. The summed E-state index contributed by atoms with van der Waals surface area (Å²) < 4.78 is 55.9. The van der Waals surface area contributed by atoms with Gasteiger partial charge in [-0.25, -0.2) is 16.8 Å². The summed E-state index contributed by atoms with van der Waals surface area (Å²) in [5, 5.41) is 0.617. The van der Waals surface area contributed by atoms with Gasteiger partial charge in [0.15, 0.2) is 0 Å². The summed E-state index contributed by atoms with van der Waals surface area (Å²) in [5.41, 5.74) is 1.60. The highest BCUT2D eigenvalue weighted by molar-refractivity contribution is 7.93. The van der Waals surface area contributed by atoms with Crippen LogP contribution >= 0.6 is 23.2 Å². The van der Waals surface area contributed by atoms with Gasteiger partial charge in [-0.2, -0.15) is 0 Å². The Morgan fingerprint density at radius 3 is 1.33 bits per heavy atom. The van der Waals surface area contributed by atoms with Crippen molar-refractivity contribution >= 4 is 54.6 Å². The molecule has 0 unspecified atom stereocenters. The molecule has 0 aliphatic carbocycles. The smallest absolute Gasteiger partial charge is 0.262 e. The van der Waals surface area contributed by atoms with E-state index >= 15 is 0 Å². The van der Waals surface area contributed by atoms with E-state index in [2.05, 4.69) is 9.44 Å². The summed E-state index contributed by atoms with van der Waals surface area (Å²) in [6, 6.07) is 14.8. The maximum atomic E-state index is 12.8. The highest BCUT2D eigenvalue weighted by atomic mass is 35.5. The molecule has 0 saturated heterocycles. The number of aryl methyl sites for hydroxylation is 2. The summed E-state index contributed by atoms with van der Waals surface area (Å²) in [7, 11) is -8.00. The monoisotopic (exact) mass is 484 g/mol. The molecule has 0 atom stereocenters. The molecule has 0 saturated carbocycles. The minimum Gasteiger partial charge on any atom is -0.277 e. The molecule has 0 amide bonds. The Morgan fingerprint density at radius 1 is 0.633 bits per heavy atom. The molecular weight excluding hydrogens is 467 g/mol. The van der Waals surface area contributed by atoms with Crippen LogP contribution < -0.4 is 9.44 Å². The Labute approximate surface area is 186 Å². The zero-order valence-electron chi connectivity index (χ0n) is 16.0. The van der Waals surface area contributed by atoms with E-state index in [0.29, 0.717) is 10.0 Å². The summed E-state index contributed by atoms with van der Waals surface area (Å²) >= 11 is 12.1. The Hall–Kier alpha value is -2.26. The lowest BCUT2D eigenvalue weighted by Gasteiger charge is -2.15. The number of anilines is 2. The third-order valence-corrected chi connectivity index (χ3v) is 7.86. The van der Waals surface area contributed by atoms with Crippen molar-refractivity contribution in [1.82, 2.24) is 0 Å². The molecule has 30 heavy (non-hydrogen) atoms. The Kier molecular flexibility index (Phi) is 6.33. The molecule has 3 aromatic carbocycles. The molecule has 3 rings (SSSR count). The van der Waals surface area contributed by atoms with Crippen molar-refractivity contribution < 1.29 is 16.8 Å². The van der Waals surface area contributed by atoms with Gasteiger partial charge in [-0.3, -0.25) is 9.44 Å². The van der Waals surface area contributed by atoms with Gasteiger partial charge >= 0.3 is 0 Å². The third kappa shape index (κ3) is 4.89. The van der Waals surface area contributed by atoms with Gasteiger partial charge in [-0.1, -0.05) is 47.5 Å². The fourth-order valence-corrected chi connectivity index (χ4v) is 5.25. The van der Waals surface area contributed by atoms with Crippen LogP contribution in [0.4, 0.5) is 11.4 Å². The number of hydrogen-bond donors (Lipinski definition) is 2. The summed E-state index contributed by atoms with van der Waals surface area (Å²) in [5.74, 6) is 0. The number of benzene rings is 3. The van der Waals surface area contributed by atoms with Crippen LogP contribution in [0.3, 0.4) is 0 Å². The number of sulfonamides is 2. The fourth-order valence-electron chi connectivity index (χ4n) is 2.55. The lowest BCUT2D eigenvalue weighted by atomic mass is 10.2. The van der Waals surface area contributed by atoms with E-state index in [4.69, 9.17) is 23.2 Å². The lowest BCUT2D eigenvalue weighted by Crippen LogP contribution is -2.17. The Balaban J connectivity index is 1.94. The van der Waals surface area contributed by atoms with E-state index in [1.165, 1.54) is 36.4 Å². The van der Waals surface area contributed by atoms with Gasteiger partial charge < -0.3 is 0 Å². The zero-order valence-corrected chi connectivity index (χ0v) is 19.1. The molecule has 6 nitrogen and oxygen atoms in total. The van der Waals surface area contributed by atoms with Crippen molar-refractivity contribution in [2.24, 2.45) is 0 Å². The number of nitrogens with one attached hydrogen (secondary N) is 2. The molecule has 0 fully saturated rings. The number of hydrogen-bond acceptors (Lipinski definition) is 4. The Bertz CT molecular complexity index is 1220. The van der Waals surface area contributed by atoms with Gasteiger partial charge in [0.25, 0.3) is 20.0 Å². The maximum absolute atomic E-state index is 12.8. The predicted molar refractivity (Wildman–Crippen MR) is 120 cm³/mol. The van der Waals surface area contributed by atoms with Crippen LogP contribution in [-0.2, 0) is 20.0 Å². The largest absolute Gasteiger partial charge is 0.277 e. The number of para-hydroxylation sites is 2. The van der Waals surface area contributed by atoms with E-state index in [-0.39, 0.29) is 21.2 Å². The van der Waals surface area contributed by atoms with Crippen LogP contribution in [-0.4, -0.2) is 16.8 Å². The van der Waals surface area contributed by atoms with Crippen LogP contribution in [0.2, 0.25) is 10.0 Å². The lowest BCUT2D eigenvalue weighted by molar-refractivity contribution is 0.599. The minimum atomic E-state index is -4.00. The third-order valence-electron chi connectivity index (χ3n) is 4.32. The molecule has 0 heterocycles. The first kappa shape index (κ1) is 22.4. The predicted octanol–water partition coefficient (Wildman–Crippen LogP) is 5.21. The molecule has 0 aliphatic rings. The molecule has 10 heteroatoms. The highest BCUT2D eigenvalue weighted by Crippen LogP contribution is 2.29. The molecule has 3 aromatic rings. The first-order chi connectivity index (χ1) is 14.0. The molecule has 0 radical (unpaired) electrons. The van der Waals surface area contributed by atoms with Gasteiger partial charge in [0.05, 0.1) is 21.2 Å². The van der Waals surface area contributed by atoms with E-state index < -0.39 is 20.0 Å². The maximum Gasteiger partial charge on any atom is 0.262 e. The number of halogens is 2. The van der Waals surface area contributed by atoms with Gasteiger partial charge in [0, 0.05) is 10.0 Å². The topological polar surface area (TPSA) is 92.3 Å². The van der Waals surface area contributed by atoms with E-state index in [1.54, 1.807) is 38.1 Å². The second-order valence-electron chi connectivity index (χ2n) is 6.58. The average molecular weight is 485 g/mol. The summed E-state index contributed by atoms with van der Waals surface area (Å²) in [6.07, 6.45) is 0. The average Bonchev–Trinajstić information content (AvgIpc) is 2.67. The number of rotatable bonds is 6. The normalized spacial score (nSPS) is 11.9. The Morgan fingerprint density at radius 2 is 1.00 bits per heavy atom. The van der Waals surface area contributed by atoms with E-state index in [1.807, 2.05) is 0 Å². The van der Waals surface area contributed by atoms with Crippen molar-refractivity contribution in [3.05, 3.63) is 81.8 Å². The van der Waals surface area contributed by atoms with Crippen LogP contribution in [0.1, 0.15) is 11.1 Å². The van der Waals surface area contributed by atoms with Crippen molar-refractivity contribution in [2.45, 2.75) is 23.6 Å². The van der Waals surface area contributed by atoms with Crippen molar-refractivity contribution in [3.8, 4) is 0 Å². The fraction of sp³-hybridized carbons (Fsp3) is 0.100. The van der Waals surface area contributed by atoms with Crippen LogP contribution in [0.15, 0.2) is 70.5 Å². The molecule has 0 bridgehead atoms. The van der Waals surface area contributed by atoms with Crippen molar-refractivity contribution in [3.63, 3.8) is 0 Å². The summed E-state index contributed by atoms with van der Waals surface area (Å²) in [6.45, 7) is 3.52. The van der Waals surface area contributed by atoms with Gasteiger partial charge in [-0.15, -0.1) is 0 Å². The molecule has 158 valence electrons. The first-order valence-corrected chi connectivity index (χ1v) is 12.4. The molecule has 2 N–H and O–H groups in total. The molecule has 0 aromatic heterocycles. The first-order valence-electron chi connectivity index (χ1n) is 8.66. The summed E-state index contributed by atoms with van der Waals surface area (Å²) in [4.78, 5) is -0.0813. The molecule has 0 aliphatic heterocycles. The van der Waals surface area contributed by atoms with Gasteiger partial charge in [0.1, 0.15) is 0 Å². The van der Waals surface area contributed by atoms with Crippen molar-refractivity contribution in [1.29, 1.82) is 0 Å². The van der Waals surface area contributed by atoms with Crippen molar-refractivity contribution in [2.75, 3.05) is 9.44 Å². The van der Waals surface area contributed by atoms with Crippen LogP contribution in [0.5, 0.6) is 0 Å². The zero-order chi connectivity index (χ0) is 22.1. The molecule has 0 spiro atoms. The molecular formula is C20H18Cl2N2O4S2. The minimum absolute atomic E-state index is 0.0407. The second-order valence-corrected chi connectivity index (χ2v) is 10.8. The second kappa shape index (κ2) is 8.47. The van der Waals surface area contributed by atoms with Crippen LogP contribution in [0, 0.1) is 13.8 Å². The van der Waals surface area contributed by atoms with Gasteiger partial charge in [0.2, 0.25) is 0 Å². The van der Waals surface area contributed by atoms with Crippen LogP contribution in [0.25, 0.3) is 0 Å².